The third kappa shape index (κ3) is 4.76. The van der Waals surface area contributed by atoms with E-state index in [4.69, 9.17) is 15.0 Å². The Morgan fingerprint density at radius 1 is 0.500 bits per heavy atom. The molecule has 0 N–H and O–H groups in total. The van der Waals surface area contributed by atoms with Crippen molar-refractivity contribution in [2.24, 2.45) is 0 Å². The molecule has 9 aromatic rings. The van der Waals surface area contributed by atoms with Crippen LogP contribution < -0.4 is 0 Å². The molecule has 1 aliphatic carbocycles. The van der Waals surface area contributed by atoms with Gasteiger partial charge in [-0.25, -0.2) is 15.0 Å². The standard InChI is InChI=1S/C48H32N4S2/c1-48(2)36-21-10-9-20-33(36)34-24-26-37-41(42(34)48)35-25-27-40-44(54-39-23-12-11-22-38(39)53-40)43(35)52(37)32-19-13-18-31(28-32)47-50-45(29-14-5-3-6-15-29)49-46(51-47)30-16-7-4-8-17-30/h3-28H,1-2H3. The maximum absolute atomic E-state index is 5.09. The molecule has 1 aliphatic heterocycles. The molecule has 0 fully saturated rings. The van der Waals surface area contributed by atoms with Crippen molar-refractivity contribution < 1.29 is 0 Å². The van der Waals surface area contributed by atoms with E-state index in [0.717, 1.165) is 22.4 Å². The summed E-state index contributed by atoms with van der Waals surface area (Å²) in [7, 11) is 0. The van der Waals surface area contributed by atoms with E-state index in [1.54, 1.807) is 0 Å². The van der Waals surface area contributed by atoms with Crippen molar-refractivity contribution in [3.05, 3.63) is 169 Å². The van der Waals surface area contributed by atoms with E-state index < -0.39 is 0 Å². The molecule has 0 amide bonds. The normalized spacial score (nSPS) is 13.7. The Balaban J connectivity index is 1.18. The first-order valence-electron chi connectivity index (χ1n) is 18.2. The lowest BCUT2D eigenvalue weighted by atomic mass is 9.80. The van der Waals surface area contributed by atoms with Crippen LogP contribution in [-0.2, 0) is 5.41 Å². The summed E-state index contributed by atoms with van der Waals surface area (Å²) in [5.74, 6) is 1.95. The van der Waals surface area contributed by atoms with Gasteiger partial charge in [0.2, 0.25) is 0 Å². The fraction of sp³-hybridized carbons (Fsp3) is 0.0625. The van der Waals surface area contributed by atoms with Crippen LogP contribution in [0.2, 0.25) is 0 Å². The summed E-state index contributed by atoms with van der Waals surface area (Å²) in [6.07, 6.45) is 0. The summed E-state index contributed by atoms with van der Waals surface area (Å²) < 4.78 is 2.49. The third-order valence-electron chi connectivity index (χ3n) is 10.9. The number of aromatic nitrogens is 4. The van der Waals surface area contributed by atoms with Gasteiger partial charge in [0.05, 0.1) is 15.9 Å². The van der Waals surface area contributed by atoms with Crippen molar-refractivity contribution in [3.63, 3.8) is 0 Å². The van der Waals surface area contributed by atoms with Gasteiger partial charge < -0.3 is 4.57 Å². The first-order valence-corrected chi connectivity index (χ1v) is 19.8. The maximum atomic E-state index is 5.09. The summed E-state index contributed by atoms with van der Waals surface area (Å²) in [6, 6.07) is 56.1. The number of benzene rings is 7. The van der Waals surface area contributed by atoms with Crippen molar-refractivity contribution in [2.45, 2.75) is 38.8 Å². The lowest BCUT2D eigenvalue weighted by Gasteiger charge is -2.22. The lowest BCUT2D eigenvalue weighted by molar-refractivity contribution is 0.666. The number of hydrogen-bond acceptors (Lipinski definition) is 5. The molecule has 54 heavy (non-hydrogen) atoms. The summed E-state index contributed by atoms with van der Waals surface area (Å²) in [6.45, 7) is 4.77. The number of rotatable bonds is 4. The largest absolute Gasteiger partial charge is 0.308 e. The van der Waals surface area contributed by atoms with Crippen LogP contribution in [-0.4, -0.2) is 19.5 Å². The third-order valence-corrected chi connectivity index (χ3v) is 13.5. The first-order chi connectivity index (χ1) is 26.5. The van der Waals surface area contributed by atoms with Gasteiger partial charge in [0.25, 0.3) is 0 Å². The van der Waals surface area contributed by atoms with E-state index in [-0.39, 0.29) is 5.41 Å². The van der Waals surface area contributed by atoms with E-state index in [2.05, 4.69) is 140 Å². The van der Waals surface area contributed by atoms with Crippen molar-refractivity contribution in [2.75, 3.05) is 0 Å². The summed E-state index contributed by atoms with van der Waals surface area (Å²) >= 11 is 3.75. The molecule has 0 unspecified atom stereocenters. The second-order valence-electron chi connectivity index (χ2n) is 14.4. The second-order valence-corrected chi connectivity index (χ2v) is 16.6. The van der Waals surface area contributed by atoms with Gasteiger partial charge in [-0.15, -0.1) is 0 Å². The van der Waals surface area contributed by atoms with Crippen LogP contribution in [0.15, 0.2) is 177 Å². The van der Waals surface area contributed by atoms with Crippen LogP contribution in [0.5, 0.6) is 0 Å². The van der Waals surface area contributed by atoms with Crippen LogP contribution in [0.4, 0.5) is 0 Å². The lowest BCUT2D eigenvalue weighted by Crippen LogP contribution is -2.15. The molecule has 0 saturated heterocycles. The maximum Gasteiger partial charge on any atom is 0.164 e. The van der Waals surface area contributed by atoms with Gasteiger partial charge in [-0.3, -0.25) is 0 Å². The van der Waals surface area contributed by atoms with Crippen LogP contribution in [0.25, 0.3) is 72.8 Å². The van der Waals surface area contributed by atoms with Gasteiger partial charge in [0.15, 0.2) is 17.5 Å². The highest BCUT2D eigenvalue weighted by Crippen LogP contribution is 2.56. The Kier molecular flexibility index (Phi) is 7.04. The minimum atomic E-state index is -0.163. The molecular formula is C48H32N4S2. The van der Waals surface area contributed by atoms with Crippen molar-refractivity contribution in [3.8, 4) is 51.0 Å². The second kappa shape index (κ2) is 12.0. The highest BCUT2D eigenvalue weighted by atomic mass is 32.2. The molecule has 6 heteroatoms. The average Bonchev–Trinajstić information content (AvgIpc) is 3.69. The highest BCUT2D eigenvalue weighted by molar-refractivity contribution is 8.05. The Morgan fingerprint density at radius 2 is 1.11 bits per heavy atom. The van der Waals surface area contributed by atoms with Crippen LogP contribution in [0.1, 0.15) is 25.0 Å². The quantitative estimate of drug-likeness (QED) is 0.180. The smallest absolute Gasteiger partial charge is 0.164 e. The fourth-order valence-corrected chi connectivity index (χ4v) is 10.8. The Bertz CT molecular complexity index is 2910. The topological polar surface area (TPSA) is 43.6 Å². The summed E-state index contributed by atoms with van der Waals surface area (Å²) in [5.41, 5.74) is 11.6. The van der Waals surface area contributed by atoms with Gasteiger partial charge >= 0.3 is 0 Å². The SMILES string of the molecule is CC1(C)c2ccccc2-c2ccc3c(c21)c1ccc2c(c1n3-c1cccc(-c3nc(-c4ccccc4)nc(-c4ccccc4)n3)c1)Sc1ccccc1S2. The zero-order valence-corrected chi connectivity index (χ0v) is 31.2. The molecule has 2 aliphatic rings. The number of fused-ring (bicyclic) bond motifs is 10. The fourth-order valence-electron chi connectivity index (χ4n) is 8.43. The van der Waals surface area contributed by atoms with Gasteiger partial charge in [0.1, 0.15) is 0 Å². The predicted octanol–water partition coefficient (Wildman–Crippen LogP) is 12.9. The van der Waals surface area contributed by atoms with Crippen LogP contribution in [0, 0.1) is 0 Å². The zero-order valence-electron chi connectivity index (χ0n) is 29.6. The van der Waals surface area contributed by atoms with Gasteiger partial charge in [-0.2, -0.15) is 0 Å². The molecule has 256 valence electrons. The minimum Gasteiger partial charge on any atom is -0.308 e. The average molecular weight is 729 g/mol. The van der Waals surface area contributed by atoms with Crippen molar-refractivity contribution >= 4 is 45.3 Å². The number of nitrogens with zero attached hydrogens (tertiary/aromatic N) is 4. The summed E-state index contributed by atoms with van der Waals surface area (Å²) in [4.78, 5) is 20.3. The Morgan fingerprint density at radius 3 is 1.83 bits per heavy atom. The zero-order chi connectivity index (χ0) is 36.0. The molecule has 4 nitrogen and oxygen atoms in total. The molecule has 7 aromatic carbocycles. The molecule has 2 aromatic heterocycles. The molecule has 0 atom stereocenters. The Hall–Kier alpha value is -5.95. The molecule has 3 heterocycles. The minimum absolute atomic E-state index is 0.163. The van der Waals surface area contributed by atoms with E-state index in [1.165, 1.54) is 63.6 Å². The Labute approximate surface area is 322 Å². The summed E-state index contributed by atoms with van der Waals surface area (Å²) in [5, 5.41) is 2.59. The van der Waals surface area contributed by atoms with E-state index in [1.807, 2.05) is 59.9 Å². The molecule has 11 rings (SSSR count). The number of hydrogen-bond donors (Lipinski definition) is 0. The molecule has 0 saturated carbocycles. The predicted molar refractivity (Wildman–Crippen MR) is 223 cm³/mol. The van der Waals surface area contributed by atoms with Crippen LogP contribution >= 0.6 is 23.5 Å². The van der Waals surface area contributed by atoms with Gasteiger partial charge in [0, 0.05) is 53.3 Å². The van der Waals surface area contributed by atoms with Gasteiger partial charge in [-0.1, -0.05) is 159 Å². The van der Waals surface area contributed by atoms with Gasteiger partial charge in [-0.05, 0) is 58.7 Å². The van der Waals surface area contributed by atoms with E-state index >= 15 is 0 Å². The first kappa shape index (κ1) is 31.6. The molecule has 0 bridgehead atoms. The molecular weight excluding hydrogens is 697 g/mol. The monoisotopic (exact) mass is 728 g/mol. The van der Waals surface area contributed by atoms with E-state index in [9.17, 15) is 0 Å². The molecule has 0 radical (unpaired) electrons. The van der Waals surface area contributed by atoms with E-state index in [0.29, 0.717) is 17.5 Å². The highest BCUT2D eigenvalue weighted by Gasteiger charge is 2.38. The van der Waals surface area contributed by atoms with Crippen molar-refractivity contribution in [1.82, 2.24) is 19.5 Å². The van der Waals surface area contributed by atoms with Crippen LogP contribution in [0.3, 0.4) is 0 Å². The van der Waals surface area contributed by atoms with Crippen molar-refractivity contribution in [1.29, 1.82) is 0 Å². The molecule has 0 spiro atoms.